The molecule has 1 aliphatic rings. The largest absolute Gasteiger partial charge is 0.301 e. The Morgan fingerprint density at radius 1 is 1.22 bits per heavy atom. The zero-order valence-electron chi connectivity index (χ0n) is 14.7. The minimum absolute atomic E-state index is 0.545. The monoisotopic (exact) mass is 313 g/mol. The lowest BCUT2D eigenvalue weighted by Crippen LogP contribution is -2.38. The van der Waals surface area contributed by atoms with Gasteiger partial charge in [-0.2, -0.15) is 5.10 Å². The molecule has 1 fully saturated rings. The Hall–Kier alpha value is -1.75. The molecule has 1 saturated heterocycles. The van der Waals surface area contributed by atoms with Crippen LogP contribution >= 0.6 is 0 Å². The van der Waals surface area contributed by atoms with Gasteiger partial charge in [0.1, 0.15) is 5.82 Å². The van der Waals surface area contributed by atoms with E-state index in [0.29, 0.717) is 12.0 Å². The molecule has 0 saturated carbocycles. The van der Waals surface area contributed by atoms with Crippen molar-refractivity contribution in [3.63, 3.8) is 0 Å². The van der Waals surface area contributed by atoms with Crippen LogP contribution in [-0.4, -0.2) is 43.8 Å². The number of nitrogens with zero attached hydrogens (tertiary/aromatic N) is 5. The van der Waals surface area contributed by atoms with Crippen LogP contribution in [0.2, 0.25) is 0 Å². The molecule has 0 aromatic carbocycles. The average molecular weight is 313 g/mol. The van der Waals surface area contributed by atoms with E-state index in [2.05, 4.69) is 41.8 Å². The summed E-state index contributed by atoms with van der Waals surface area (Å²) in [4.78, 5) is 11.9. The maximum atomic E-state index is 4.73. The Bertz CT molecular complexity index is 653. The minimum Gasteiger partial charge on any atom is -0.301 e. The Labute approximate surface area is 138 Å². The standard InChI is InChI=1S/C18H27N5/c1-5-23-18(6-9-19-23)17-12-16(20-14(4)21-17)15-7-10-22(11-8-15)13(2)3/h6,9,12-13,15H,5,7-8,10-11H2,1-4H3. The van der Waals surface area contributed by atoms with E-state index in [1.54, 1.807) is 0 Å². The number of piperidine rings is 1. The summed E-state index contributed by atoms with van der Waals surface area (Å²) in [6.07, 6.45) is 4.21. The molecule has 124 valence electrons. The highest BCUT2D eigenvalue weighted by Gasteiger charge is 2.24. The Morgan fingerprint density at radius 2 is 1.96 bits per heavy atom. The lowest BCUT2D eigenvalue weighted by Gasteiger charge is -2.34. The van der Waals surface area contributed by atoms with Gasteiger partial charge in [0.15, 0.2) is 0 Å². The third-order valence-corrected chi connectivity index (χ3v) is 4.81. The maximum absolute atomic E-state index is 4.73. The zero-order valence-corrected chi connectivity index (χ0v) is 14.7. The molecule has 5 heteroatoms. The third kappa shape index (κ3) is 3.44. The molecule has 0 radical (unpaired) electrons. The quantitative estimate of drug-likeness (QED) is 0.869. The van der Waals surface area contributed by atoms with Gasteiger partial charge in [-0.15, -0.1) is 0 Å². The van der Waals surface area contributed by atoms with Crippen molar-refractivity contribution in [1.82, 2.24) is 24.6 Å². The second kappa shape index (κ2) is 6.79. The molecule has 0 N–H and O–H groups in total. The fourth-order valence-corrected chi connectivity index (χ4v) is 3.45. The van der Waals surface area contributed by atoms with Gasteiger partial charge in [-0.05, 0) is 65.8 Å². The summed E-state index contributed by atoms with van der Waals surface area (Å²) in [7, 11) is 0. The van der Waals surface area contributed by atoms with Crippen LogP contribution in [0.4, 0.5) is 0 Å². The van der Waals surface area contributed by atoms with Gasteiger partial charge in [0.2, 0.25) is 0 Å². The van der Waals surface area contributed by atoms with Crippen molar-refractivity contribution in [3.8, 4) is 11.4 Å². The summed E-state index contributed by atoms with van der Waals surface area (Å²) in [6, 6.07) is 4.85. The van der Waals surface area contributed by atoms with Gasteiger partial charge >= 0.3 is 0 Å². The summed E-state index contributed by atoms with van der Waals surface area (Å²) >= 11 is 0. The van der Waals surface area contributed by atoms with Crippen molar-refractivity contribution >= 4 is 0 Å². The van der Waals surface area contributed by atoms with Gasteiger partial charge < -0.3 is 4.90 Å². The maximum Gasteiger partial charge on any atom is 0.126 e. The van der Waals surface area contributed by atoms with E-state index < -0.39 is 0 Å². The predicted octanol–water partition coefficient (Wildman–Crippen LogP) is 3.26. The lowest BCUT2D eigenvalue weighted by molar-refractivity contribution is 0.170. The number of likely N-dealkylation sites (tertiary alicyclic amines) is 1. The summed E-state index contributed by atoms with van der Waals surface area (Å²) in [5.41, 5.74) is 3.27. The number of aryl methyl sites for hydroxylation is 2. The molecule has 0 aliphatic carbocycles. The first-order valence-electron chi connectivity index (χ1n) is 8.70. The molecule has 0 spiro atoms. The molecule has 1 aliphatic heterocycles. The fraction of sp³-hybridized carbons (Fsp3) is 0.611. The van der Waals surface area contributed by atoms with Crippen LogP contribution in [-0.2, 0) is 6.54 Å². The lowest BCUT2D eigenvalue weighted by atomic mass is 9.92. The van der Waals surface area contributed by atoms with E-state index in [4.69, 9.17) is 4.98 Å². The van der Waals surface area contributed by atoms with Gasteiger partial charge in [-0.25, -0.2) is 9.97 Å². The van der Waals surface area contributed by atoms with Crippen LogP contribution in [0.5, 0.6) is 0 Å². The first-order valence-corrected chi connectivity index (χ1v) is 8.70. The van der Waals surface area contributed by atoms with Crippen LogP contribution in [0.25, 0.3) is 11.4 Å². The minimum atomic E-state index is 0.545. The Kier molecular flexibility index (Phi) is 4.76. The van der Waals surface area contributed by atoms with E-state index in [0.717, 1.165) is 36.8 Å². The van der Waals surface area contributed by atoms with E-state index in [1.165, 1.54) is 18.5 Å². The summed E-state index contributed by atoms with van der Waals surface area (Å²) in [5.74, 6) is 1.40. The van der Waals surface area contributed by atoms with Crippen molar-refractivity contribution in [2.24, 2.45) is 0 Å². The molecule has 0 atom stereocenters. The van der Waals surface area contributed by atoms with Crippen LogP contribution in [0.1, 0.15) is 51.0 Å². The van der Waals surface area contributed by atoms with Crippen molar-refractivity contribution in [3.05, 3.63) is 29.8 Å². The van der Waals surface area contributed by atoms with Crippen molar-refractivity contribution < 1.29 is 0 Å². The smallest absolute Gasteiger partial charge is 0.126 e. The molecule has 23 heavy (non-hydrogen) atoms. The number of hydrogen-bond acceptors (Lipinski definition) is 4. The van der Waals surface area contributed by atoms with Gasteiger partial charge in [-0.3, -0.25) is 4.68 Å². The summed E-state index contributed by atoms with van der Waals surface area (Å²) in [6.45, 7) is 11.8. The molecule has 0 unspecified atom stereocenters. The SMILES string of the molecule is CCn1nccc1-c1cc(C2CCN(C(C)C)CC2)nc(C)n1. The Morgan fingerprint density at radius 3 is 2.61 bits per heavy atom. The molecular formula is C18H27N5. The second-order valence-corrected chi connectivity index (χ2v) is 6.66. The molecule has 0 bridgehead atoms. The highest BCUT2D eigenvalue weighted by molar-refractivity contribution is 5.54. The predicted molar refractivity (Wildman–Crippen MR) is 92.3 cm³/mol. The molecule has 0 amide bonds. The van der Waals surface area contributed by atoms with E-state index in [9.17, 15) is 0 Å². The van der Waals surface area contributed by atoms with Gasteiger partial charge in [0, 0.05) is 30.4 Å². The van der Waals surface area contributed by atoms with E-state index >= 15 is 0 Å². The summed E-state index contributed by atoms with van der Waals surface area (Å²) < 4.78 is 1.99. The first kappa shape index (κ1) is 16.1. The number of rotatable bonds is 4. The second-order valence-electron chi connectivity index (χ2n) is 6.66. The molecule has 5 nitrogen and oxygen atoms in total. The van der Waals surface area contributed by atoms with Crippen LogP contribution in [0, 0.1) is 6.92 Å². The number of hydrogen-bond donors (Lipinski definition) is 0. The van der Waals surface area contributed by atoms with Crippen molar-refractivity contribution in [1.29, 1.82) is 0 Å². The number of aromatic nitrogens is 4. The van der Waals surface area contributed by atoms with Crippen LogP contribution < -0.4 is 0 Å². The first-order chi connectivity index (χ1) is 11.1. The fourth-order valence-electron chi connectivity index (χ4n) is 3.45. The van der Waals surface area contributed by atoms with E-state index in [-0.39, 0.29) is 0 Å². The van der Waals surface area contributed by atoms with Gasteiger partial charge in [0.05, 0.1) is 11.4 Å². The van der Waals surface area contributed by atoms with Crippen molar-refractivity contribution in [2.75, 3.05) is 13.1 Å². The normalized spacial score (nSPS) is 17.1. The van der Waals surface area contributed by atoms with Crippen LogP contribution in [0.15, 0.2) is 18.3 Å². The van der Waals surface area contributed by atoms with Crippen molar-refractivity contribution in [2.45, 2.75) is 59.0 Å². The molecule has 3 rings (SSSR count). The highest BCUT2D eigenvalue weighted by Crippen LogP contribution is 2.29. The molecule has 3 heterocycles. The Balaban J connectivity index is 1.84. The molecule has 2 aromatic rings. The molecule has 2 aromatic heterocycles. The average Bonchev–Trinajstić information content (AvgIpc) is 3.03. The van der Waals surface area contributed by atoms with Gasteiger partial charge in [0.25, 0.3) is 0 Å². The third-order valence-electron chi connectivity index (χ3n) is 4.81. The summed E-state index contributed by atoms with van der Waals surface area (Å²) in [5, 5.41) is 4.36. The molecular weight excluding hydrogens is 286 g/mol. The van der Waals surface area contributed by atoms with Gasteiger partial charge in [-0.1, -0.05) is 0 Å². The highest BCUT2D eigenvalue weighted by atomic mass is 15.3. The van der Waals surface area contributed by atoms with E-state index in [1.807, 2.05) is 23.9 Å². The topological polar surface area (TPSA) is 46.8 Å². The zero-order chi connectivity index (χ0) is 16.4. The van der Waals surface area contributed by atoms with Crippen LogP contribution in [0.3, 0.4) is 0 Å².